The Hall–Kier alpha value is -2.31. The second-order valence-electron chi connectivity index (χ2n) is 5.31. The molecule has 1 aromatic rings. The summed E-state index contributed by atoms with van der Waals surface area (Å²) in [5.74, 6) is -1.17. The van der Waals surface area contributed by atoms with Crippen molar-refractivity contribution in [3.63, 3.8) is 0 Å². The second kappa shape index (κ2) is 5.82. The first-order chi connectivity index (χ1) is 10.6. The van der Waals surface area contributed by atoms with E-state index in [1.165, 1.54) is 30.5 Å². The van der Waals surface area contributed by atoms with Crippen LogP contribution in [0.4, 0.5) is 0 Å². The Bertz CT molecular complexity index is 618. The third-order valence-corrected chi connectivity index (χ3v) is 3.92. The summed E-state index contributed by atoms with van der Waals surface area (Å²) in [6.07, 6.45) is 2.84. The summed E-state index contributed by atoms with van der Waals surface area (Å²) in [6, 6.07) is 5.71. The number of aliphatic hydroxyl groups excluding tert-OH is 2. The first-order valence-corrected chi connectivity index (χ1v) is 6.91. The zero-order chi connectivity index (χ0) is 15.7. The molecular formula is C16H16O6. The lowest BCUT2D eigenvalue weighted by Crippen LogP contribution is -2.34. The van der Waals surface area contributed by atoms with E-state index in [9.17, 15) is 20.1 Å². The van der Waals surface area contributed by atoms with Crippen LogP contribution in [0.3, 0.4) is 0 Å². The molecule has 3 rings (SSSR count). The van der Waals surface area contributed by atoms with Crippen molar-refractivity contribution in [2.75, 3.05) is 6.61 Å². The molecule has 0 saturated heterocycles. The molecule has 3 N–H and O–H groups in total. The monoisotopic (exact) mass is 304 g/mol. The number of phenolic OH excluding ortho intramolecular Hbond substituents is 1. The lowest BCUT2D eigenvalue weighted by atomic mass is 9.88. The lowest BCUT2D eigenvalue weighted by Gasteiger charge is -2.29. The van der Waals surface area contributed by atoms with Crippen molar-refractivity contribution in [3.05, 3.63) is 53.8 Å². The topological polar surface area (TPSA) is 96.2 Å². The van der Waals surface area contributed by atoms with Gasteiger partial charge in [-0.3, -0.25) is 0 Å². The van der Waals surface area contributed by atoms with Gasteiger partial charge in [-0.15, -0.1) is 0 Å². The number of ether oxygens (including phenoxy) is 2. The third-order valence-electron chi connectivity index (χ3n) is 3.92. The van der Waals surface area contributed by atoms with Crippen LogP contribution in [-0.4, -0.2) is 40.3 Å². The van der Waals surface area contributed by atoms with Crippen LogP contribution in [0.15, 0.2) is 48.3 Å². The zero-order valence-electron chi connectivity index (χ0n) is 11.6. The zero-order valence-corrected chi connectivity index (χ0v) is 11.6. The van der Waals surface area contributed by atoms with Crippen LogP contribution < -0.4 is 0 Å². The van der Waals surface area contributed by atoms with Crippen LogP contribution in [0, 0.1) is 11.8 Å². The van der Waals surface area contributed by atoms with Gasteiger partial charge < -0.3 is 24.8 Å². The molecule has 6 nitrogen and oxygen atoms in total. The van der Waals surface area contributed by atoms with Gasteiger partial charge in [0.25, 0.3) is 0 Å². The molecule has 0 aromatic heterocycles. The quantitative estimate of drug-likeness (QED) is 0.568. The van der Waals surface area contributed by atoms with Crippen LogP contribution in [0.2, 0.25) is 0 Å². The van der Waals surface area contributed by atoms with Gasteiger partial charge in [-0.25, -0.2) is 4.79 Å². The highest BCUT2D eigenvalue weighted by Gasteiger charge is 2.42. The summed E-state index contributed by atoms with van der Waals surface area (Å²) in [6.45, 7) is -0.0355. The van der Waals surface area contributed by atoms with Crippen molar-refractivity contribution < 1.29 is 29.6 Å². The predicted molar refractivity (Wildman–Crippen MR) is 75.7 cm³/mol. The second-order valence-corrected chi connectivity index (χ2v) is 5.31. The average Bonchev–Trinajstić information content (AvgIpc) is 2.83. The Labute approximate surface area is 126 Å². The van der Waals surface area contributed by atoms with Crippen molar-refractivity contribution in [1.82, 2.24) is 0 Å². The van der Waals surface area contributed by atoms with Crippen LogP contribution in [0.1, 0.15) is 10.4 Å². The molecule has 0 radical (unpaired) electrons. The van der Waals surface area contributed by atoms with Crippen molar-refractivity contribution in [3.8, 4) is 5.75 Å². The SMILES string of the molecule is O=C(OCC1=CC(O)C2C=COC(O)C12)c1ccc(O)cc1. The average molecular weight is 304 g/mol. The predicted octanol–water partition coefficient (Wildman–Crippen LogP) is 0.945. The van der Waals surface area contributed by atoms with E-state index in [-0.39, 0.29) is 18.3 Å². The van der Waals surface area contributed by atoms with Crippen molar-refractivity contribution >= 4 is 5.97 Å². The molecule has 1 aliphatic carbocycles. The van der Waals surface area contributed by atoms with E-state index in [2.05, 4.69) is 0 Å². The van der Waals surface area contributed by atoms with Gasteiger partial charge in [-0.1, -0.05) is 6.08 Å². The molecule has 1 heterocycles. The summed E-state index contributed by atoms with van der Waals surface area (Å²) in [7, 11) is 0. The Kier molecular flexibility index (Phi) is 3.87. The molecule has 116 valence electrons. The van der Waals surface area contributed by atoms with Crippen molar-refractivity contribution in [1.29, 1.82) is 0 Å². The molecule has 0 bridgehead atoms. The highest BCUT2D eigenvalue weighted by Crippen LogP contribution is 2.38. The Morgan fingerprint density at radius 2 is 1.95 bits per heavy atom. The van der Waals surface area contributed by atoms with Gasteiger partial charge in [-0.05, 0) is 35.9 Å². The summed E-state index contributed by atoms with van der Waals surface area (Å²) in [5, 5.41) is 29.0. The number of rotatable bonds is 3. The molecule has 0 saturated carbocycles. The number of aliphatic hydroxyl groups is 2. The van der Waals surface area contributed by atoms with Crippen LogP contribution in [-0.2, 0) is 9.47 Å². The smallest absolute Gasteiger partial charge is 0.338 e. The number of aromatic hydroxyl groups is 1. The molecule has 0 fully saturated rings. The summed E-state index contributed by atoms with van der Waals surface area (Å²) in [5.41, 5.74) is 0.940. The summed E-state index contributed by atoms with van der Waals surface area (Å²) < 4.78 is 10.2. The highest BCUT2D eigenvalue weighted by atomic mass is 16.6. The molecule has 6 heteroatoms. The molecule has 22 heavy (non-hydrogen) atoms. The maximum Gasteiger partial charge on any atom is 0.338 e. The third kappa shape index (κ3) is 2.70. The number of hydrogen-bond acceptors (Lipinski definition) is 6. The first-order valence-electron chi connectivity index (χ1n) is 6.91. The lowest BCUT2D eigenvalue weighted by molar-refractivity contribution is -0.109. The number of fused-ring (bicyclic) bond motifs is 1. The summed E-state index contributed by atoms with van der Waals surface area (Å²) in [4.78, 5) is 11.9. The molecule has 0 spiro atoms. The van der Waals surface area contributed by atoms with Crippen molar-refractivity contribution in [2.24, 2.45) is 11.8 Å². The molecule has 4 unspecified atom stereocenters. The van der Waals surface area contributed by atoms with Gasteiger partial charge >= 0.3 is 5.97 Å². The van der Waals surface area contributed by atoms with E-state index < -0.39 is 24.3 Å². The van der Waals surface area contributed by atoms with Gasteiger partial charge in [0.2, 0.25) is 6.29 Å². The van der Waals surface area contributed by atoms with E-state index in [4.69, 9.17) is 9.47 Å². The molecule has 4 atom stereocenters. The van der Waals surface area contributed by atoms with E-state index >= 15 is 0 Å². The molecule has 2 aliphatic rings. The summed E-state index contributed by atoms with van der Waals surface area (Å²) >= 11 is 0. The largest absolute Gasteiger partial charge is 0.508 e. The first kappa shape index (κ1) is 14.6. The van der Waals surface area contributed by atoms with Gasteiger partial charge in [0.05, 0.1) is 23.8 Å². The van der Waals surface area contributed by atoms with Gasteiger partial charge in [0, 0.05) is 5.92 Å². The van der Waals surface area contributed by atoms with E-state index in [1.54, 1.807) is 12.2 Å². The molecule has 1 aliphatic heterocycles. The number of esters is 1. The fourth-order valence-corrected chi connectivity index (χ4v) is 2.78. The van der Waals surface area contributed by atoms with E-state index in [1.807, 2.05) is 0 Å². The van der Waals surface area contributed by atoms with Gasteiger partial charge in [-0.2, -0.15) is 0 Å². The van der Waals surface area contributed by atoms with Gasteiger partial charge in [0.15, 0.2) is 0 Å². The highest BCUT2D eigenvalue weighted by molar-refractivity contribution is 5.89. The van der Waals surface area contributed by atoms with E-state index in [0.29, 0.717) is 11.1 Å². The number of carbonyl (C=O) groups is 1. The maximum absolute atomic E-state index is 11.9. The van der Waals surface area contributed by atoms with Crippen LogP contribution in [0.25, 0.3) is 0 Å². The Morgan fingerprint density at radius 3 is 2.68 bits per heavy atom. The minimum absolute atomic E-state index is 0.0355. The van der Waals surface area contributed by atoms with Crippen LogP contribution >= 0.6 is 0 Å². The van der Waals surface area contributed by atoms with Gasteiger partial charge in [0.1, 0.15) is 12.4 Å². The molecular weight excluding hydrogens is 288 g/mol. The minimum atomic E-state index is -1.06. The Balaban J connectivity index is 1.66. The van der Waals surface area contributed by atoms with Crippen molar-refractivity contribution in [2.45, 2.75) is 12.4 Å². The maximum atomic E-state index is 11.9. The number of benzene rings is 1. The standard InChI is InChI=1S/C16H16O6/c17-11-3-1-9(2-4-11)15(19)22-8-10-7-13(18)12-5-6-21-16(20)14(10)12/h1-7,12-14,16-18,20H,8H2. The fourth-order valence-electron chi connectivity index (χ4n) is 2.78. The minimum Gasteiger partial charge on any atom is -0.508 e. The number of carbonyl (C=O) groups excluding carboxylic acids is 1. The Morgan fingerprint density at radius 1 is 1.23 bits per heavy atom. The normalized spacial score (nSPS) is 29.5. The number of phenols is 1. The number of hydrogen-bond donors (Lipinski definition) is 3. The molecule has 1 aromatic carbocycles. The molecule has 0 amide bonds. The van der Waals surface area contributed by atoms with Crippen LogP contribution in [0.5, 0.6) is 5.75 Å². The fraction of sp³-hybridized carbons (Fsp3) is 0.312. The van der Waals surface area contributed by atoms with E-state index in [0.717, 1.165) is 0 Å².